The average molecular weight is 347 g/mol. The minimum Gasteiger partial charge on any atom is -0.447 e. The predicted molar refractivity (Wildman–Crippen MR) is 93.8 cm³/mol. The first-order valence-electron chi connectivity index (χ1n) is 9.67. The van der Waals surface area contributed by atoms with Crippen molar-refractivity contribution in [3.63, 3.8) is 0 Å². The van der Waals surface area contributed by atoms with Gasteiger partial charge < -0.3 is 15.0 Å². The predicted octanol–water partition coefficient (Wildman–Crippen LogP) is 2.25. The van der Waals surface area contributed by atoms with Gasteiger partial charge in [-0.2, -0.15) is 0 Å². The van der Waals surface area contributed by atoms with Crippen LogP contribution in [0.25, 0.3) is 0 Å². The number of piperidine rings is 1. The van der Waals surface area contributed by atoms with Crippen molar-refractivity contribution in [2.75, 3.05) is 19.6 Å². The van der Waals surface area contributed by atoms with Gasteiger partial charge in [0.25, 0.3) is 0 Å². The third kappa shape index (κ3) is 3.11. The smallest absolute Gasteiger partial charge is 0.410 e. The standard InChI is InChI=1S/C19H29N3O3/c1-13(2)25-18(24)22-14-3-4-15(22)10-16(9-14)21-7-5-19(6-8-21)11-17(23)20-12-19/h9,13-15H,3-8,10-12H2,1-2H3,(H,20,23). The van der Waals surface area contributed by atoms with Crippen LogP contribution in [0.5, 0.6) is 0 Å². The first-order valence-corrected chi connectivity index (χ1v) is 9.67. The molecule has 4 heterocycles. The van der Waals surface area contributed by atoms with Crippen molar-refractivity contribution in [3.05, 3.63) is 11.8 Å². The molecule has 2 atom stereocenters. The fraction of sp³-hybridized carbons (Fsp3) is 0.789. The summed E-state index contributed by atoms with van der Waals surface area (Å²) in [5.74, 6) is 0.211. The highest BCUT2D eigenvalue weighted by Gasteiger charge is 2.44. The lowest BCUT2D eigenvalue weighted by atomic mass is 9.77. The van der Waals surface area contributed by atoms with E-state index in [9.17, 15) is 9.59 Å². The van der Waals surface area contributed by atoms with Gasteiger partial charge >= 0.3 is 6.09 Å². The zero-order chi connectivity index (χ0) is 17.6. The van der Waals surface area contributed by atoms with Crippen LogP contribution >= 0.6 is 0 Å². The Labute approximate surface area is 149 Å². The molecule has 0 aliphatic carbocycles. The van der Waals surface area contributed by atoms with Gasteiger partial charge in [0.1, 0.15) is 0 Å². The largest absolute Gasteiger partial charge is 0.447 e. The van der Waals surface area contributed by atoms with Crippen molar-refractivity contribution >= 4 is 12.0 Å². The zero-order valence-corrected chi connectivity index (χ0v) is 15.3. The van der Waals surface area contributed by atoms with Crippen molar-refractivity contribution < 1.29 is 14.3 Å². The molecule has 4 aliphatic heterocycles. The topological polar surface area (TPSA) is 61.9 Å². The zero-order valence-electron chi connectivity index (χ0n) is 15.3. The van der Waals surface area contributed by atoms with Gasteiger partial charge in [-0.1, -0.05) is 0 Å². The van der Waals surface area contributed by atoms with Crippen molar-refractivity contribution in [1.29, 1.82) is 0 Å². The van der Waals surface area contributed by atoms with Gasteiger partial charge in [0.15, 0.2) is 0 Å². The van der Waals surface area contributed by atoms with E-state index in [1.165, 1.54) is 5.70 Å². The fourth-order valence-corrected chi connectivity index (χ4v) is 4.96. The molecule has 25 heavy (non-hydrogen) atoms. The summed E-state index contributed by atoms with van der Waals surface area (Å²) in [7, 11) is 0. The van der Waals surface area contributed by atoms with Crippen molar-refractivity contribution in [2.24, 2.45) is 5.41 Å². The Balaban J connectivity index is 1.40. The molecule has 0 aromatic heterocycles. The maximum absolute atomic E-state index is 12.4. The summed E-state index contributed by atoms with van der Waals surface area (Å²) in [5, 5.41) is 3.00. The number of likely N-dealkylation sites (tertiary alicyclic amines) is 1. The third-order valence-electron chi connectivity index (χ3n) is 6.35. The van der Waals surface area contributed by atoms with Crippen LogP contribution in [0.1, 0.15) is 52.4 Å². The monoisotopic (exact) mass is 347 g/mol. The fourth-order valence-electron chi connectivity index (χ4n) is 4.96. The summed E-state index contributed by atoms with van der Waals surface area (Å²) in [6.07, 6.45) is 7.96. The number of carbonyl (C=O) groups excluding carboxylic acids is 2. The number of rotatable bonds is 2. The van der Waals surface area contributed by atoms with Crippen LogP contribution in [0.3, 0.4) is 0 Å². The van der Waals surface area contributed by atoms with E-state index in [-0.39, 0.29) is 35.6 Å². The van der Waals surface area contributed by atoms with Gasteiger partial charge in [-0.15, -0.1) is 0 Å². The molecule has 1 N–H and O–H groups in total. The van der Waals surface area contributed by atoms with E-state index in [4.69, 9.17) is 4.74 Å². The van der Waals surface area contributed by atoms with E-state index in [0.29, 0.717) is 6.42 Å². The quantitative estimate of drug-likeness (QED) is 0.832. The molecule has 2 unspecified atom stereocenters. The second-order valence-electron chi connectivity index (χ2n) is 8.44. The van der Waals surface area contributed by atoms with Crippen LogP contribution < -0.4 is 5.32 Å². The molecule has 0 aromatic carbocycles. The molecule has 6 nitrogen and oxygen atoms in total. The number of nitrogens with one attached hydrogen (secondary N) is 1. The number of ether oxygens (including phenoxy) is 1. The molecule has 4 rings (SSSR count). The highest BCUT2D eigenvalue weighted by Crippen LogP contribution is 2.41. The number of carbonyl (C=O) groups is 2. The van der Waals surface area contributed by atoms with Gasteiger partial charge in [-0.05, 0) is 51.0 Å². The van der Waals surface area contributed by atoms with Gasteiger partial charge in [-0.25, -0.2) is 4.79 Å². The molecule has 1 spiro atoms. The van der Waals surface area contributed by atoms with Crippen molar-refractivity contribution in [3.8, 4) is 0 Å². The number of hydrogen-bond donors (Lipinski definition) is 1. The Hall–Kier alpha value is -1.72. The van der Waals surface area contributed by atoms with Crippen LogP contribution in [0, 0.1) is 5.41 Å². The molecule has 0 radical (unpaired) electrons. The van der Waals surface area contributed by atoms with Gasteiger partial charge in [0.05, 0.1) is 12.1 Å². The van der Waals surface area contributed by atoms with Crippen molar-refractivity contribution in [1.82, 2.24) is 15.1 Å². The highest BCUT2D eigenvalue weighted by molar-refractivity contribution is 5.79. The molecule has 2 amide bonds. The molecular formula is C19H29N3O3. The molecule has 6 heteroatoms. The van der Waals surface area contributed by atoms with Crippen LogP contribution in [-0.4, -0.2) is 59.6 Å². The average Bonchev–Trinajstić information content (AvgIpc) is 3.05. The van der Waals surface area contributed by atoms with Crippen LogP contribution in [-0.2, 0) is 9.53 Å². The molecule has 0 aromatic rings. The van der Waals surface area contributed by atoms with Crippen LogP contribution in [0.15, 0.2) is 11.8 Å². The van der Waals surface area contributed by atoms with E-state index < -0.39 is 0 Å². The summed E-state index contributed by atoms with van der Waals surface area (Å²) in [5.41, 5.74) is 1.59. The summed E-state index contributed by atoms with van der Waals surface area (Å²) in [4.78, 5) is 28.4. The van der Waals surface area contributed by atoms with Gasteiger partial charge in [0, 0.05) is 44.2 Å². The Morgan fingerprint density at radius 3 is 2.68 bits per heavy atom. The molecule has 4 aliphatic rings. The van der Waals surface area contributed by atoms with E-state index in [0.717, 1.165) is 51.7 Å². The summed E-state index contributed by atoms with van der Waals surface area (Å²) < 4.78 is 5.43. The Morgan fingerprint density at radius 2 is 2.08 bits per heavy atom. The molecule has 2 bridgehead atoms. The number of nitrogens with zero attached hydrogens (tertiary/aromatic N) is 2. The first kappa shape index (κ1) is 16.7. The van der Waals surface area contributed by atoms with E-state index >= 15 is 0 Å². The summed E-state index contributed by atoms with van der Waals surface area (Å²) in [6, 6.07) is 0.465. The highest BCUT2D eigenvalue weighted by atomic mass is 16.6. The van der Waals surface area contributed by atoms with Crippen LogP contribution in [0.4, 0.5) is 4.79 Å². The number of amides is 2. The van der Waals surface area contributed by atoms with Crippen molar-refractivity contribution in [2.45, 2.75) is 70.6 Å². The number of fused-ring (bicyclic) bond motifs is 2. The molecule has 138 valence electrons. The minimum atomic E-state index is -0.161. The van der Waals surface area contributed by atoms with Crippen LogP contribution in [0.2, 0.25) is 0 Å². The Bertz CT molecular complexity index is 593. The molecular weight excluding hydrogens is 318 g/mol. The second kappa shape index (κ2) is 6.22. The SMILES string of the molecule is CC(C)OC(=O)N1C2C=C(N3CCC4(CC3)CNC(=O)C4)CC1CC2. The first-order chi connectivity index (χ1) is 12.0. The molecule has 0 saturated carbocycles. The van der Waals surface area contributed by atoms with Gasteiger partial charge in [0.2, 0.25) is 5.91 Å². The lowest BCUT2D eigenvalue weighted by Gasteiger charge is -2.43. The maximum atomic E-state index is 12.4. The minimum absolute atomic E-state index is 0.0710. The molecule has 3 saturated heterocycles. The summed E-state index contributed by atoms with van der Waals surface area (Å²) >= 11 is 0. The lowest BCUT2D eigenvalue weighted by Crippen LogP contribution is -2.47. The maximum Gasteiger partial charge on any atom is 0.410 e. The number of hydrogen-bond acceptors (Lipinski definition) is 4. The second-order valence-corrected chi connectivity index (χ2v) is 8.44. The normalized spacial score (nSPS) is 30.7. The summed E-state index contributed by atoms with van der Waals surface area (Å²) in [6.45, 7) is 6.69. The van der Waals surface area contributed by atoms with E-state index in [1.54, 1.807) is 0 Å². The van der Waals surface area contributed by atoms with Gasteiger partial charge in [-0.3, -0.25) is 9.69 Å². The lowest BCUT2D eigenvalue weighted by molar-refractivity contribution is -0.119. The van der Waals surface area contributed by atoms with E-state index in [1.807, 2.05) is 18.7 Å². The molecule has 3 fully saturated rings. The van der Waals surface area contributed by atoms with E-state index in [2.05, 4.69) is 16.3 Å². The third-order valence-corrected chi connectivity index (χ3v) is 6.35. The Kier molecular flexibility index (Phi) is 4.16. The Morgan fingerprint density at radius 1 is 1.32 bits per heavy atom.